The molecular formula is C16H13ClF3NO. The zero-order chi connectivity index (χ0) is 16.3. The van der Waals surface area contributed by atoms with Gasteiger partial charge in [0.25, 0.3) is 0 Å². The van der Waals surface area contributed by atoms with Gasteiger partial charge in [0.1, 0.15) is 0 Å². The third kappa shape index (κ3) is 4.24. The van der Waals surface area contributed by atoms with Crippen LogP contribution >= 0.6 is 11.6 Å². The Morgan fingerprint density at radius 2 is 1.77 bits per heavy atom. The van der Waals surface area contributed by atoms with E-state index in [0.717, 1.165) is 23.3 Å². The van der Waals surface area contributed by atoms with Gasteiger partial charge in [0.15, 0.2) is 0 Å². The lowest BCUT2D eigenvalue weighted by atomic mass is 10.1. The van der Waals surface area contributed by atoms with E-state index in [1.54, 1.807) is 12.1 Å². The molecule has 2 rings (SSSR count). The van der Waals surface area contributed by atoms with Crippen LogP contribution in [-0.2, 0) is 17.4 Å². The molecule has 0 atom stereocenters. The van der Waals surface area contributed by atoms with E-state index in [-0.39, 0.29) is 18.0 Å². The second-order valence-electron chi connectivity index (χ2n) is 4.90. The monoisotopic (exact) mass is 327 g/mol. The first-order valence-corrected chi connectivity index (χ1v) is 6.85. The van der Waals surface area contributed by atoms with Crippen molar-refractivity contribution in [2.75, 3.05) is 5.32 Å². The highest BCUT2D eigenvalue weighted by Gasteiger charge is 2.33. The molecule has 0 heterocycles. The van der Waals surface area contributed by atoms with Gasteiger partial charge in [0.05, 0.1) is 17.0 Å². The van der Waals surface area contributed by atoms with E-state index in [1.807, 2.05) is 19.1 Å². The van der Waals surface area contributed by atoms with Gasteiger partial charge >= 0.3 is 6.18 Å². The predicted molar refractivity (Wildman–Crippen MR) is 80.0 cm³/mol. The van der Waals surface area contributed by atoms with Crippen molar-refractivity contribution in [3.63, 3.8) is 0 Å². The SMILES string of the molecule is Cc1ccc(CC(=O)Nc2ccc(Cl)c(C(F)(F)F)c2)cc1. The van der Waals surface area contributed by atoms with Gasteiger partial charge in [-0.2, -0.15) is 13.2 Å². The van der Waals surface area contributed by atoms with Crippen LogP contribution in [0.2, 0.25) is 5.02 Å². The van der Waals surface area contributed by atoms with Crippen LogP contribution in [0.4, 0.5) is 18.9 Å². The number of hydrogen-bond acceptors (Lipinski definition) is 1. The van der Waals surface area contributed by atoms with E-state index in [4.69, 9.17) is 11.6 Å². The molecule has 0 spiro atoms. The predicted octanol–water partition coefficient (Wildman–Crippen LogP) is 4.85. The summed E-state index contributed by atoms with van der Waals surface area (Å²) in [5, 5.41) is 2.05. The average molecular weight is 328 g/mol. The highest BCUT2D eigenvalue weighted by Crippen LogP contribution is 2.36. The van der Waals surface area contributed by atoms with E-state index < -0.39 is 16.8 Å². The number of amides is 1. The van der Waals surface area contributed by atoms with Crippen LogP contribution in [0.25, 0.3) is 0 Å². The maximum Gasteiger partial charge on any atom is 0.417 e. The second-order valence-corrected chi connectivity index (χ2v) is 5.31. The second kappa shape index (κ2) is 6.40. The molecule has 0 bridgehead atoms. The molecule has 0 fully saturated rings. The minimum Gasteiger partial charge on any atom is -0.326 e. The Bertz CT molecular complexity index is 681. The minimum absolute atomic E-state index is 0.0637. The van der Waals surface area contributed by atoms with E-state index in [9.17, 15) is 18.0 Å². The van der Waals surface area contributed by atoms with Crippen LogP contribution in [0.3, 0.4) is 0 Å². The quantitative estimate of drug-likeness (QED) is 0.858. The number of rotatable bonds is 3. The molecule has 2 aromatic rings. The lowest BCUT2D eigenvalue weighted by molar-refractivity contribution is -0.137. The third-order valence-electron chi connectivity index (χ3n) is 3.04. The molecule has 22 heavy (non-hydrogen) atoms. The Kier molecular flexibility index (Phi) is 4.76. The molecule has 0 saturated carbocycles. The Balaban J connectivity index is 2.10. The normalized spacial score (nSPS) is 11.3. The summed E-state index contributed by atoms with van der Waals surface area (Å²) < 4.78 is 38.3. The molecule has 0 saturated heterocycles. The Labute approximate surface area is 130 Å². The van der Waals surface area contributed by atoms with E-state index in [2.05, 4.69) is 5.32 Å². The van der Waals surface area contributed by atoms with Crippen molar-refractivity contribution in [2.24, 2.45) is 0 Å². The molecule has 1 amide bonds. The van der Waals surface area contributed by atoms with Crippen LogP contribution in [0.1, 0.15) is 16.7 Å². The first kappa shape index (κ1) is 16.4. The maximum atomic E-state index is 12.8. The van der Waals surface area contributed by atoms with Crippen molar-refractivity contribution in [1.29, 1.82) is 0 Å². The Morgan fingerprint density at radius 3 is 2.36 bits per heavy atom. The fourth-order valence-electron chi connectivity index (χ4n) is 1.92. The van der Waals surface area contributed by atoms with Gasteiger partial charge in [-0.25, -0.2) is 0 Å². The molecule has 0 aromatic heterocycles. The number of carbonyl (C=O) groups is 1. The fourth-order valence-corrected chi connectivity index (χ4v) is 2.14. The van der Waals surface area contributed by atoms with Gasteiger partial charge in [0, 0.05) is 5.69 Å². The topological polar surface area (TPSA) is 29.1 Å². The lowest BCUT2D eigenvalue weighted by Gasteiger charge is -2.12. The number of benzene rings is 2. The molecular weight excluding hydrogens is 315 g/mol. The van der Waals surface area contributed by atoms with Crippen LogP contribution in [0.15, 0.2) is 42.5 Å². The molecule has 0 aliphatic rings. The van der Waals surface area contributed by atoms with Crippen molar-refractivity contribution in [3.05, 3.63) is 64.2 Å². The molecule has 0 aliphatic heterocycles. The van der Waals surface area contributed by atoms with E-state index in [0.29, 0.717) is 0 Å². The number of nitrogens with one attached hydrogen (secondary N) is 1. The van der Waals surface area contributed by atoms with Crippen molar-refractivity contribution in [2.45, 2.75) is 19.5 Å². The standard InChI is InChI=1S/C16H13ClF3NO/c1-10-2-4-11(5-3-10)8-15(22)21-12-6-7-14(17)13(9-12)16(18,19)20/h2-7,9H,8H2,1H3,(H,21,22). The smallest absolute Gasteiger partial charge is 0.326 e. The van der Waals surface area contributed by atoms with Gasteiger partial charge in [-0.1, -0.05) is 41.4 Å². The third-order valence-corrected chi connectivity index (χ3v) is 3.37. The number of alkyl halides is 3. The summed E-state index contributed by atoms with van der Waals surface area (Å²) >= 11 is 5.53. The Hall–Kier alpha value is -2.01. The van der Waals surface area contributed by atoms with E-state index >= 15 is 0 Å². The van der Waals surface area contributed by atoms with Crippen molar-refractivity contribution in [1.82, 2.24) is 0 Å². The summed E-state index contributed by atoms with van der Waals surface area (Å²) in [6, 6.07) is 10.6. The summed E-state index contributed by atoms with van der Waals surface area (Å²) in [4.78, 5) is 11.9. The van der Waals surface area contributed by atoms with Crippen molar-refractivity contribution >= 4 is 23.2 Å². The number of carbonyl (C=O) groups excluding carboxylic acids is 1. The number of anilines is 1. The highest BCUT2D eigenvalue weighted by atomic mass is 35.5. The fraction of sp³-hybridized carbons (Fsp3) is 0.188. The zero-order valence-corrected chi connectivity index (χ0v) is 12.4. The number of hydrogen-bond donors (Lipinski definition) is 1. The minimum atomic E-state index is -4.56. The van der Waals surface area contributed by atoms with Gasteiger partial charge < -0.3 is 5.32 Å². The molecule has 0 radical (unpaired) electrons. The summed E-state index contributed by atoms with van der Waals surface area (Å²) in [7, 11) is 0. The molecule has 0 aliphatic carbocycles. The maximum absolute atomic E-state index is 12.8. The molecule has 6 heteroatoms. The van der Waals surface area contributed by atoms with Crippen LogP contribution in [-0.4, -0.2) is 5.91 Å². The van der Waals surface area contributed by atoms with Crippen LogP contribution in [0.5, 0.6) is 0 Å². The van der Waals surface area contributed by atoms with Gasteiger partial charge in [-0.3, -0.25) is 4.79 Å². The van der Waals surface area contributed by atoms with Crippen molar-refractivity contribution < 1.29 is 18.0 Å². The molecule has 2 nitrogen and oxygen atoms in total. The van der Waals surface area contributed by atoms with Gasteiger partial charge in [0.2, 0.25) is 5.91 Å². The van der Waals surface area contributed by atoms with Crippen molar-refractivity contribution in [3.8, 4) is 0 Å². The summed E-state index contributed by atoms with van der Waals surface area (Å²) in [5.41, 5.74) is 0.945. The highest BCUT2D eigenvalue weighted by molar-refractivity contribution is 6.31. The largest absolute Gasteiger partial charge is 0.417 e. The molecule has 1 N–H and O–H groups in total. The molecule has 116 valence electrons. The lowest BCUT2D eigenvalue weighted by Crippen LogP contribution is -2.15. The zero-order valence-electron chi connectivity index (χ0n) is 11.7. The summed E-state index contributed by atoms with van der Waals surface area (Å²) in [6.45, 7) is 1.93. The number of halogens is 4. The van der Waals surface area contributed by atoms with Crippen LogP contribution < -0.4 is 5.32 Å². The summed E-state index contributed by atoms with van der Waals surface area (Å²) in [6.07, 6.45) is -4.47. The first-order valence-electron chi connectivity index (χ1n) is 6.48. The van der Waals surface area contributed by atoms with Gasteiger partial charge in [-0.05, 0) is 30.7 Å². The van der Waals surface area contributed by atoms with Crippen LogP contribution in [0, 0.1) is 6.92 Å². The number of aryl methyl sites for hydroxylation is 1. The molecule has 0 unspecified atom stereocenters. The summed E-state index contributed by atoms with van der Waals surface area (Å²) in [5.74, 6) is -0.390. The van der Waals surface area contributed by atoms with E-state index in [1.165, 1.54) is 6.07 Å². The first-order chi connectivity index (χ1) is 10.3. The average Bonchev–Trinajstić information content (AvgIpc) is 2.42. The Morgan fingerprint density at radius 1 is 1.14 bits per heavy atom. The molecule has 2 aromatic carbocycles. The van der Waals surface area contributed by atoms with Gasteiger partial charge in [-0.15, -0.1) is 0 Å².